The van der Waals surface area contributed by atoms with Crippen molar-refractivity contribution >= 4 is 33.2 Å². The molecule has 1 heterocycles. The number of hydrogen-bond donors (Lipinski definition) is 0. The molecule has 1 spiro atoms. The van der Waals surface area contributed by atoms with E-state index in [4.69, 9.17) is 23.2 Å². The van der Waals surface area contributed by atoms with Crippen molar-refractivity contribution in [2.45, 2.75) is 63.2 Å². The third-order valence-electron chi connectivity index (χ3n) is 7.72. The maximum Gasteiger partial charge on any atom is 0.218 e. The van der Waals surface area contributed by atoms with Gasteiger partial charge < -0.3 is 0 Å². The number of fused-ring (bicyclic) bond motifs is 1. The van der Waals surface area contributed by atoms with Gasteiger partial charge in [-0.25, -0.2) is 8.42 Å². The summed E-state index contributed by atoms with van der Waals surface area (Å²) in [5.74, 6) is 0.376. The van der Waals surface area contributed by atoms with Crippen molar-refractivity contribution in [3.8, 4) is 0 Å². The second-order valence-corrected chi connectivity index (χ2v) is 12.7. The smallest absolute Gasteiger partial charge is 0.212 e. The first-order valence-corrected chi connectivity index (χ1v) is 13.0. The second-order valence-electron chi connectivity index (χ2n) is 9.87. The maximum absolute atomic E-state index is 13.3. The highest BCUT2D eigenvalue weighted by molar-refractivity contribution is 7.88. The fourth-order valence-electron chi connectivity index (χ4n) is 5.98. The molecular formula is C24H27Cl2NO2S. The Morgan fingerprint density at radius 2 is 1.87 bits per heavy atom. The Kier molecular flexibility index (Phi) is 4.83. The highest BCUT2D eigenvalue weighted by Gasteiger charge is 2.59. The summed E-state index contributed by atoms with van der Waals surface area (Å²) in [7, 11) is -3.47. The third-order valence-corrected chi connectivity index (χ3v) is 10.3. The van der Waals surface area contributed by atoms with Crippen LogP contribution < -0.4 is 0 Å². The van der Waals surface area contributed by atoms with Crippen molar-refractivity contribution < 1.29 is 8.42 Å². The van der Waals surface area contributed by atoms with Crippen LogP contribution in [0.3, 0.4) is 0 Å². The first kappa shape index (κ1) is 20.8. The number of nitrogens with zero attached hydrogens (tertiary/aromatic N) is 1. The van der Waals surface area contributed by atoms with E-state index in [1.807, 2.05) is 0 Å². The van der Waals surface area contributed by atoms with E-state index in [0.29, 0.717) is 40.0 Å². The molecule has 6 heteroatoms. The van der Waals surface area contributed by atoms with Gasteiger partial charge in [-0.2, -0.15) is 4.31 Å². The summed E-state index contributed by atoms with van der Waals surface area (Å²) in [4.78, 5) is 0. The Morgan fingerprint density at radius 3 is 2.57 bits per heavy atom. The lowest BCUT2D eigenvalue weighted by molar-refractivity contribution is 0.195. The van der Waals surface area contributed by atoms with E-state index in [-0.39, 0.29) is 11.2 Å². The molecule has 0 radical (unpaired) electrons. The molecule has 0 unspecified atom stereocenters. The molecule has 0 amide bonds. The number of rotatable bonds is 3. The van der Waals surface area contributed by atoms with Gasteiger partial charge in [0.05, 0.1) is 15.8 Å². The van der Waals surface area contributed by atoms with Crippen molar-refractivity contribution in [1.82, 2.24) is 4.31 Å². The lowest BCUT2D eigenvalue weighted by Gasteiger charge is -2.45. The van der Waals surface area contributed by atoms with E-state index in [2.05, 4.69) is 32.0 Å². The Morgan fingerprint density at radius 1 is 1.10 bits per heavy atom. The molecule has 1 aliphatic heterocycles. The summed E-state index contributed by atoms with van der Waals surface area (Å²) in [5, 5.41) is 0.824. The first-order chi connectivity index (χ1) is 14.1. The molecule has 5 rings (SSSR count). The van der Waals surface area contributed by atoms with Gasteiger partial charge in [-0.1, -0.05) is 61.3 Å². The quantitative estimate of drug-likeness (QED) is 0.537. The van der Waals surface area contributed by atoms with Crippen LogP contribution in [-0.2, 0) is 27.7 Å². The van der Waals surface area contributed by atoms with Gasteiger partial charge in [-0.15, -0.1) is 0 Å². The molecule has 0 saturated heterocycles. The first-order valence-electron chi connectivity index (χ1n) is 10.7. The minimum absolute atomic E-state index is 0.0565. The summed E-state index contributed by atoms with van der Waals surface area (Å²) in [5.41, 5.74) is 5.35. The van der Waals surface area contributed by atoms with Crippen LogP contribution in [-0.4, -0.2) is 19.3 Å². The normalized spacial score (nSPS) is 24.3. The molecule has 1 atom stereocenters. The summed E-state index contributed by atoms with van der Waals surface area (Å²) in [6, 6.07) is 11.6. The summed E-state index contributed by atoms with van der Waals surface area (Å²) < 4.78 is 28.3. The molecule has 3 aliphatic rings. The molecular weight excluding hydrogens is 437 g/mol. The average molecular weight is 464 g/mol. The summed E-state index contributed by atoms with van der Waals surface area (Å²) >= 11 is 12.1. The standard InChI is InChI=1S/C24H27Cl2NO2S/c1-23(2)13-17-8-11-27(30(28,29)15-16-6-7-20(25)21(26)12-16)14-18-4-3-5-19(22(17)18)24(23)9-10-24/h3-7,12,17H,8-11,13-15H2,1-2H3/t17-/m0/s1. The molecule has 0 N–H and O–H groups in total. The predicted octanol–water partition coefficient (Wildman–Crippen LogP) is 6.27. The minimum atomic E-state index is -3.47. The largest absolute Gasteiger partial charge is 0.218 e. The molecule has 0 bridgehead atoms. The minimum Gasteiger partial charge on any atom is -0.212 e. The monoisotopic (exact) mass is 463 g/mol. The van der Waals surface area contributed by atoms with Gasteiger partial charge in [0.15, 0.2) is 0 Å². The van der Waals surface area contributed by atoms with Gasteiger partial charge in [0.2, 0.25) is 10.0 Å². The average Bonchev–Trinajstić information content (AvgIpc) is 3.48. The summed E-state index contributed by atoms with van der Waals surface area (Å²) in [6.45, 7) is 5.82. The zero-order valence-corrected chi connectivity index (χ0v) is 19.7. The van der Waals surface area contributed by atoms with Gasteiger partial charge >= 0.3 is 0 Å². The zero-order valence-electron chi connectivity index (χ0n) is 17.4. The van der Waals surface area contributed by atoms with Crippen molar-refractivity contribution in [2.24, 2.45) is 5.41 Å². The molecule has 1 saturated carbocycles. The summed E-state index contributed by atoms with van der Waals surface area (Å²) in [6.07, 6.45) is 4.52. The van der Waals surface area contributed by atoms with E-state index in [1.54, 1.807) is 22.5 Å². The number of sulfonamides is 1. The second kappa shape index (κ2) is 6.96. The van der Waals surface area contributed by atoms with Crippen LogP contribution in [0.25, 0.3) is 0 Å². The Labute approximate surface area is 189 Å². The molecule has 2 aliphatic carbocycles. The van der Waals surface area contributed by atoms with Gasteiger partial charge in [-0.3, -0.25) is 0 Å². The molecule has 30 heavy (non-hydrogen) atoms. The van der Waals surface area contributed by atoms with Gasteiger partial charge in [0.1, 0.15) is 0 Å². The highest BCUT2D eigenvalue weighted by Crippen LogP contribution is 2.67. The Bertz CT molecular complexity index is 1120. The molecule has 160 valence electrons. The molecule has 3 nitrogen and oxygen atoms in total. The van der Waals surface area contributed by atoms with Crippen LogP contribution in [0.1, 0.15) is 67.7 Å². The fraction of sp³-hybridized carbons (Fsp3) is 0.500. The topological polar surface area (TPSA) is 37.4 Å². The van der Waals surface area contributed by atoms with Crippen molar-refractivity contribution in [3.63, 3.8) is 0 Å². The van der Waals surface area contributed by atoms with Crippen LogP contribution in [0.4, 0.5) is 0 Å². The van der Waals surface area contributed by atoms with E-state index in [9.17, 15) is 8.42 Å². The van der Waals surface area contributed by atoms with Crippen molar-refractivity contribution in [2.75, 3.05) is 6.54 Å². The van der Waals surface area contributed by atoms with Gasteiger partial charge in [-0.05, 0) is 71.4 Å². The van der Waals surface area contributed by atoms with Crippen molar-refractivity contribution in [1.29, 1.82) is 0 Å². The van der Waals surface area contributed by atoms with Crippen LogP contribution in [0.5, 0.6) is 0 Å². The predicted molar refractivity (Wildman–Crippen MR) is 123 cm³/mol. The SMILES string of the molecule is CC1(C)C[C@@H]2CCN(S(=O)(=O)Cc3ccc(Cl)c(Cl)c3)Cc3cccc(c32)C12CC2. The molecule has 1 fully saturated rings. The van der Waals surface area contributed by atoms with Crippen LogP contribution >= 0.6 is 23.2 Å². The fourth-order valence-corrected chi connectivity index (χ4v) is 7.81. The number of hydrogen-bond acceptors (Lipinski definition) is 2. The third kappa shape index (κ3) is 3.23. The van der Waals surface area contributed by atoms with Crippen molar-refractivity contribution in [3.05, 3.63) is 68.7 Å². The number of halogens is 2. The van der Waals surface area contributed by atoms with Crippen LogP contribution in [0.2, 0.25) is 10.0 Å². The van der Waals surface area contributed by atoms with Crippen LogP contribution in [0, 0.1) is 5.41 Å². The Hall–Kier alpha value is -1.07. The van der Waals surface area contributed by atoms with E-state index < -0.39 is 10.0 Å². The van der Waals surface area contributed by atoms with Crippen LogP contribution in [0.15, 0.2) is 36.4 Å². The zero-order chi connectivity index (χ0) is 21.3. The maximum atomic E-state index is 13.3. The van der Waals surface area contributed by atoms with E-state index in [0.717, 1.165) is 12.8 Å². The van der Waals surface area contributed by atoms with Gasteiger partial charge in [0.25, 0.3) is 0 Å². The lowest BCUT2D eigenvalue weighted by atomic mass is 9.59. The molecule has 2 aromatic carbocycles. The number of benzene rings is 2. The Balaban J connectivity index is 1.48. The van der Waals surface area contributed by atoms with E-state index in [1.165, 1.54) is 29.5 Å². The lowest BCUT2D eigenvalue weighted by Crippen LogP contribution is -2.37. The molecule has 0 aromatic heterocycles. The van der Waals surface area contributed by atoms with Gasteiger partial charge in [0, 0.05) is 18.5 Å². The van der Waals surface area contributed by atoms with E-state index >= 15 is 0 Å². The molecule has 2 aromatic rings. The highest BCUT2D eigenvalue weighted by atomic mass is 35.5.